The summed E-state index contributed by atoms with van der Waals surface area (Å²) >= 11 is 0. The Labute approximate surface area is 120 Å². The molecule has 0 bridgehead atoms. The second kappa shape index (κ2) is 5.83. The van der Waals surface area contributed by atoms with Gasteiger partial charge in [-0.2, -0.15) is 0 Å². The van der Waals surface area contributed by atoms with Crippen molar-refractivity contribution in [3.05, 3.63) is 28.8 Å². The first-order valence-corrected chi connectivity index (χ1v) is 7.11. The van der Waals surface area contributed by atoms with Gasteiger partial charge in [0.05, 0.1) is 6.10 Å². The minimum Gasteiger partial charge on any atom is -0.480 e. The molecule has 1 aromatic carbocycles. The van der Waals surface area contributed by atoms with E-state index in [0.717, 1.165) is 11.3 Å². The van der Waals surface area contributed by atoms with Crippen LogP contribution >= 0.6 is 0 Å². The van der Waals surface area contributed by atoms with Crippen molar-refractivity contribution in [2.45, 2.75) is 46.3 Å². The van der Waals surface area contributed by atoms with E-state index in [-0.39, 0.29) is 18.4 Å². The second-order valence-corrected chi connectivity index (χ2v) is 5.91. The molecule has 0 saturated heterocycles. The molecule has 2 N–H and O–H groups in total. The summed E-state index contributed by atoms with van der Waals surface area (Å²) in [5.74, 6) is 0.774. The maximum Gasteiger partial charge on any atom is 0.261 e. The first kappa shape index (κ1) is 14.9. The number of nitrogens with one attached hydrogen (secondary N) is 1. The molecule has 0 fully saturated rings. The van der Waals surface area contributed by atoms with Gasteiger partial charge in [0.25, 0.3) is 5.91 Å². The van der Waals surface area contributed by atoms with E-state index in [4.69, 9.17) is 4.74 Å². The summed E-state index contributed by atoms with van der Waals surface area (Å²) in [6.45, 7) is 8.20. The zero-order chi connectivity index (χ0) is 14.9. The van der Waals surface area contributed by atoms with Crippen molar-refractivity contribution in [3.63, 3.8) is 0 Å². The van der Waals surface area contributed by atoms with Crippen LogP contribution in [0.3, 0.4) is 0 Å². The van der Waals surface area contributed by atoms with Crippen molar-refractivity contribution in [2.75, 3.05) is 6.54 Å². The standard InChI is InChI=1S/C16H23NO3/c1-9(2)13(18)8-17-16(19)15-7-12-5-10(3)11(4)6-14(12)20-15/h5-6,9,13,15,18H,7-8H2,1-4H3,(H,17,19). The molecule has 0 radical (unpaired) electrons. The molecule has 4 nitrogen and oxygen atoms in total. The van der Waals surface area contributed by atoms with Crippen LogP contribution in [0.25, 0.3) is 0 Å². The molecule has 4 heteroatoms. The van der Waals surface area contributed by atoms with Crippen LogP contribution in [0.4, 0.5) is 0 Å². The van der Waals surface area contributed by atoms with Gasteiger partial charge in [0.2, 0.25) is 0 Å². The molecular formula is C16H23NO3. The summed E-state index contributed by atoms with van der Waals surface area (Å²) in [4.78, 5) is 12.1. The van der Waals surface area contributed by atoms with Gasteiger partial charge in [0, 0.05) is 13.0 Å². The number of rotatable bonds is 4. The van der Waals surface area contributed by atoms with Gasteiger partial charge in [0.15, 0.2) is 6.10 Å². The fourth-order valence-electron chi connectivity index (χ4n) is 2.21. The van der Waals surface area contributed by atoms with Crippen molar-refractivity contribution in [2.24, 2.45) is 5.92 Å². The fourth-order valence-corrected chi connectivity index (χ4v) is 2.21. The summed E-state index contributed by atoms with van der Waals surface area (Å²) in [6.07, 6.45) is -0.405. The van der Waals surface area contributed by atoms with Crippen LogP contribution < -0.4 is 10.1 Å². The highest BCUT2D eigenvalue weighted by Gasteiger charge is 2.29. The lowest BCUT2D eigenvalue weighted by Gasteiger charge is -2.17. The maximum absolute atomic E-state index is 12.1. The quantitative estimate of drug-likeness (QED) is 0.881. The molecule has 2 unspecified atom stereocenters. The van der Waals surface area contributed by atoms with Gasteiger partial charge in [-0.05, 0) is 42.5 Å². The molecule has 1 aliphatic heterocycles. The molecule has 0 saturated carbocycles. The van der Waals surface area contributed by atoms with Gasteiger partial charge in [-0.25, -0.2) is 0 Å². The Hall–Kier alpha value is -1.55. The number of hydrogen-bond acceptors (Lipinski definition) is 3. The molecule has 1 aliphatic rings. The lowest BCUT2D eigenvalue weighted by atomic mass is 10.0. The Kier molecular flexibility index (Phi) is 4.33. The Morgan fingerprint density at radius 3 is 2.70 bits per heavy atom. The van der Waals surface area contributed by atoms with Gasteiger partial charge >= 0.3 is 0 Å². The van der Waals surface area contributed by atoms with Crippen LogP contribution in [-0.4, -0.2) is 29.8 Å². The van der Waals surface area contributed by atoms with Crippen LogP contribution in [0.2, 0.25) is 0 Å². The largest absolute Gasteiger partial charge is 0.480 e. The van der Waals surface area contributed by atoms with E-state index in [1.54, 1.807) is 0 Å². The predicted octanol–water partition coefficient (Wildman–Crippen LogP) is 1.74. The predicted molar refractivity (Wildman–Crippen MR) is 77.9 cm³/mol. The van der Waals surface area contributed by atoms with Crippen LogP contribution in [0, 0.1) is 19.8 Å². The van der Waals surface area contributed by atoms with E-state index in [0.29, 0.717) is 6.42 Å². The van der Waals surface area contributed by atoms with E-state index in [9.17, 15) is 9.90 Å². The van der Waals surface area contributed by atoms with E-state index in [1.165, 1.54) is 11.1 Å². The summed E-state index contributed by atoms with van der Waals surface area (Å²) in [7, 11) is 0. The number of aryl methyl sites for hydroxylation is 2. The number of amides is 1. The van der Waals surface area contributed by atoms with E-state index >= 15 is 0 Å². The third kappa shape index (κ3) is 3.12. The number of carbonyl (C=O) groups excluding carboxylic acids is 1. The average Bonchev–Trinajstić information content (AvgIpc) is 2.78. The summed E-state index contributed by atoms with van der Waals surface area (Å²) < 4.78 is 5.70. The molecular weight excluding hydrogens is 254 g/mol. The molecule has 0 aliphatic carbocycles. The van der Waals surface area contributed by atoms with E-state index in [1.807, 2.05) is 26.8 Å². The van der Waals surface area contributed by atoms with Crippen molar-refractivity contribution in [3.8, 4) is 5.75 Å². The van der Waals surface area contributed by atoms with E-state index in [2.05, 4.69) is 18.3 Å². The third-order valence-electron chi connectivity index (χ3n) is 3.90. The van der Waals surface area contributed by atoms with Gasteiger partial charge in [-0.1, -0.05) is 19.9 Å². The Morgan fingerprint density at radius 1 is 1.40 bits per heavy atom. The number of hydrogen-bond donors (Lipinski definition) is 2. The number of benzene rings is 1. The van der Waals surface area contributed by atoms with Crippen molar-refractivity contribution >= 4 is 5.91 Å². The highest BCUT2D eigenvalue weighted by Crippen LogP contribution is 2.31. The zero-order valence-corrected chi connectivity index (χ0v) is 12.6. The smallest absolute Gasteiger partial charge is 0.261 e. The Bertz CT molecular complexity index is 480. The Balaban J connectivity index is 1.95. The highest BCUT2D eigenvalue weighted by molar-refractivity contribution is 5.82. The first-order valence-electron chi connectivity index (χ1n) is 7.11. The maximum atomic E-state index is 12.1. The first-order chi connectivity index (χ1) is 9.38. The third-order valence-corrected chi connectivity index (χ3v) is 3.90. The SMILES string of the molecule is Cc1cc2c(cc1C)OC(C(=O)NCC(O)C(C)C)C2. The monoisotopic (exact) mass is 277 g/mol. The molecule has 2 atom stereocenters. The number of aliphatic hydroxyl groups is 1. The number of ether oxygens (including phenoxy) is 1. The van der Waals surface area contributed by atoms with Gasteiger partial charge in [0.1, 0.15) is 5.75 Å². The topological polar surface area (TPSA) is 58.6 Å². The van der Waals surface area contributed by atoms with Crippen molar-refractivity contribution < 1.29 is 14.6 Å². The molecule has 2 rings (SSSR count). The number of fused-ring (bicyclic) bond motifs is 1. The fraction of sp³-hybridized carbons (Fsp3) is 0.562. The van der Waals surface area contributed by atoms with Gasteiger partial charge in [-0.3, -0.25) is 4.79 Å². The lowest BCUT2D eigenvalue weighted by Crippen LogP contribution is -2.42. The molecule has 110 valence electrons. The van der Waals surface area contributed by atoms with E-state index < -0.39 is 12.2 Å². The molecule has 0 spiro atoms. The zero-order valence-electron chi connectivity index (χ0n) is 12.6. The van der Waals surface area contributed by atoms with Crippen LogP contribution in [0.5, 0.6) is 5.75 Å². The number of aliphatic hydroxyl groups excluding tert-OH is 1. The summed E-state index contributed by atoms with van der Waals surface area (Å²) in [5.41, 5.74) is 3.46. The van der Waals surface area contributed by atoms with Crippen molar-refractivity contribution in [1.29, 1.82) is 0 Å². The number of carbonyl (C=O) groups is 1. The molecule has 1 aromatic rings. The van der Waals surface area contributed by atoms with Gasteiger partial charge in [-0.15, -0.1) is 0 Å². The second-order valence-electron chi connectivity index (χ2n) is 5.91. The summed E-state index contributed by atoms with van der Waals surface area (Å²) in [6, 6.07) is 4.07. The minimum atomic E-state index is -0.521. The average molecular weight is 277 g/mol. The van der Waals surface area contributed by atoms with Gasteiger partial charge < -0.3 is 15.2 Å². The Morgan fingerprint density at radius 2 is 2.05 bits per heavy atom. The normalized spacial score (nSPS) is 18.6. The molecule has 0 aromatic heterocycles. The molecule has 1 heterocycles. The van der Waals surface area contributed by atoms with Crippen molar-refractivity contribution in [1.82, 2.24) is 5.32 Å². The summed E-state index contributed by atoms with van der Waals surface area (Å²) in [5, 5.41) is 12.5. The van der Waals surface area contributed by atoms with Crippen LogP contribution in [0.15, 0.2) is 12.1 Å². The molecule has 20 heavy (non-hydrogen) atoms. The highest BCUT2D eigenvalue weighted by atomic mass is 16.5. The van der Waals surface area contributed by atoms with Crippen LogP contribution in [0.1, 0.15) is 30.5 Å². The molecule has 1 amide bonds. The van der Waals surface area contributed by atoms with Crippen LogP contribution in [-0.2, 0) is 11.2 Å². The minimum absolute atomic E-state index is 0.127. The lowest BCUT2D eigenvalue weighted by molar-refractivity contribution is -0.127.